The quantitative estimate of drug-likeness (QED) is 0.901. The van der Waals surface area contributed by atoms with Gasteiger partial charge in [-0.1, -0.05) is 12.1 Å². The summed E-state index contributed by atoms with van der Waals surface area (Å²) in [6.45, 7) is 5.86. The Morgan fingerprint density at radius 3 is 2.78 bits per heavy atom. The minimum absolute atomic E-state index is 0.0626. The molecule has 0 aliphatic heterocycles. The fraction of sp³-hybridized carbons (Fsp3) is 0.286. The third-order valence-electron chi connectivity index (χ3n) is 3.16. The number of aromatic nitrogens is 2. The fourth-order valence-electron chi connectivity index (χ4n) is 1.75. The first-order valence-electron chi connectivity index (χ1n) is 5.96. The number of carbonyl (C=O) groups is 1. The second kappa shape index (κ2) is 5.04. The second-order valence-corrected chi connectivity index (χ2v) is 4.40. The minimum atomic E-state index is -0.320. The number of hydrogen-bond donors (Lipinski definition) is 1. The normalized spacial score (nSPS) is 12.2. The van der Waals surface area contributed by atoms with Gasteiger partial charge in [0.05, 0.1) is 0 Å². The van der Waals surface area contributed by atoms with Crippen LogP contribution in [0.4, 0.5) is 5.69 Å². The van der Waals surface area contributed by atoms with E-state index in [1.165, 1.54) is 5.56 Å². The van der Waals surface area contributed by atoms with Gasteiger partial charge in [-0.05, 0) is 44.0 Å². The standard InChI is InChI=1S/C14H17N3O/c1-10-6-4-7-13(11(10)2)16-14(18)12(3)17-9-5-8-15-17/h4-9,12H,1-3H3,(H,16,18). The number of benzene rings is 1. The second-order valence-electron chi connectivity index (χ2n) is 4.40. The van der Waals surface area contributed by atoms with E-state index in [2.05, 4.69) is 10.4 Å². The van der Waals surface area contributed by atoms with E-state index >= 15 is 0 Å². The first kappa shape index (κ1) is 12.4. The molecule has 0 radical (unpaired) electrons. The molecule has 0 fully saturated rings. The molecule has 0 aliphatic carbocycles. The van der Waals surface area contributed by atoms with E-state index in [4.69, 9.17) is 0 Å². The SMILES string of the molecule is Cc1cccc(NC(=O)C(C)n2cccn2)c1C. The molecule has 1 N–H and O–H groups in total. The number of nitrogens with zero attached hydrogens (tertiary/aromatic N) is 2. The highest BCUT2D eigenvalue weighted by atomic mass is 16.2. The number of hydrogen-bond acceptors (Lipinski definition) is 2. The Morgan fingerprint density at radius 2 is 2.11 bits per heavy atom. The van der Waals surface area contributed by atoms with E-state index in [9.17, 15) is 4.79 Å². The summed E-state index contributed by atoms with van der Waals surface area (Å²) in [4.78, 5) is 12.1. The molecular formula is C14H17N3O. The minimum Gasteiger partial charge on any atom is -0.324 e. The molecule has 18 heavy (non-hydrogen) atoms. The van der Waals surface area contributed by atoms with Crippen molar-refractivity contribution in [2.45, 2.75) is 26.8 Å². The molecule has 2 aromatic rings. The van der Waals surface area contributed by atoms with Gasteiger partial charge in [-0.3, -0.25) is 9.48 Å². The average Bonchev–Trinajstić information content (AvgIpc) is 2.87. The van der Waals surface area contributed by atoms with Gasteiger partial charge in [0, 0.05) is 18.1 Å². The molecule has 0 bridgehead atoms. The highest BCUT2D eigenvalue weighted by Gasteiger charge is 2.15. The highest BCUT2D eigenvalue weighted by molar-refractivity contribution is 5.94. The van der Waals surface area contributed by atoms with Gasteiger partial charge >= 0.3 is 0 Å². The predicted octanol–water partition coefficient (Wildman–Crippen LogP) is 2.70. The summed E-state index contributed by atoms with van der Waals surface area (Å²) in [6.07, 6.45) is 3.45. The first-order chi connectivity index (χ1) is 8.59. The van der Waals surface area contributed by atoms with Gasteiger partial charge in [-0.2, -0.15) is 5.10 Å². The van der Waals surface area contributed by atoms with Crippen LogP contribution in [0.2, 0.25) is 0 Å². The lowest BCUT2D eigenvalue weighted by Gasteiger charge is -2.15. The van der Waals surface area contributed by atoms with E-state index in [0.717, 1.165) is 11.3 Å². The van der Waals surface area contributed by atoms with Crippen molar-refractivity contribution in [2.24, 2.45) is 0 Å². The third-order valence-corrected chi connectivity index (χ3v) is 3.16. The van der Waals surface area contributed by atoms with Crippen LogP contribution in [0, 0.1) is 13.8 Å². The average molecular weight is 243 g/mol. The van der Waals surface area contributed by atoms with Crippen LogP contribution in [0.15, 0.2) is 36.7 Å². The van der Waals surface area contributed by atoms with Gasteiger partial charge in [-0.15, -0.1) is 0 Å². The van der Waals surface area contributed by atoms with E-state index in [-0.39, 0.29) is 11.9 Å². The number of rotatable bonds is 3. The van der Waals surface area contributed by atoms with Crippen LogP contribution < -0.4 is 5.32 Å². The summed E-state index contributed by atoms with van der Waals surface area (Å²) < 4.78 is 1.64. The molecule has 0 aliphatic rings. The molecule has 1 heterocycles. The van der Waals surface area contributed by atoms with Crippen molar-refractivity contribution in [3.63, 3.8) is 0 Å². The first-order valence-corrected chi connectivity index (χ1v) is 5.96. The van der Waals surface area contributed by atoms with E-state index in [1.807, 2.05) is 45.0 Å². The Labute approximate surface area is 107 Å². The van der Waals surface area contributed by atoms with Crippen molar-refractivity contribution >= 4 is 11.6 Å². The lowest BCUT2D eigenvalue weighted by molar-refractivity contribution is -0.119. The summed E-state index contributed by atoms with van der Waals surface area (Å²) in [6, 6.07) is 7.37. The molecule has 0 saturated heterocycles. The van der Waals surface area contributed by atoms with Crippen molar-refractivity contribution in [1.29, 1.82) is 0 Å². The molecule has 2 rings (SSSR count). The van der Waals surface area contributed by atoms with Crippen LogP contribution in [-0.2, 0) is 4.79 Å². The van der Waals surface area contributed by atoms with Crippen molar-refractivity contribution in [1.82, 2.24) is 9.78 Å². The fourth-order valence-corrected chi connectivity index (χ4v) is 1.75. The van der Waals surface area contributed by atoms with Crippen molar-refractivity contribution < 1.29 is 4.79 Å². The van der Waals surface area contributed by atoms with Gasteiger partial charge in [0.25, 0.3) is 0 Å². The Balaban J connectivity index is 2.14. The van der Waals surface area contributed by atoms with Crippen LogP contribution in [0.25, 0.3) is 0 Å². The molecule has 1 unspecified atom stereocenters. The molecule has 1 aromatic heterocycles. The number of aryl methyl sites for hydroxylation is 1. The molecule has 1 aromatic carbocycles. The predicted molar refractivity (Wildman–Crippen MR) is 71.5 cm³/mol. The maximum absolute atomic E-state index is 12.1. The van der Waals surface area contributed by atoms with E-state index in [0.29, 0.717) is 0 Å². The molecule has 0 spiro atoms. The van der Waals surface area contributed by atoms with Crippen molar-refractivity contribution in [3.8, 4) is 0 Å². The zero-order valence-corrected chi connectivity index (χ0v) is 10.8. The smallest absolute Gasteiger partial charge is 0.248 e. The van der Waals surface area contributed by atoms with Crippen molar-refractivity contribution in [2.75, 3.05) is 5.32 Å². The molecule has 1 amide bonds. The van der Waals surface area contributed by atoms with Gasteiger partial charge < -0.3 is 5.32 Å². The molecule has 94 valence electrons. The van der Waals surface area contributed by atoms with Gasteiger partial charge in [0.2, 0.25) is 5.91 Å². The monoisotopic (exact) mass is 243 g/mol. The maximum Gasteiger partial charge on any atom is 0.248 e. The summed E-state index contributed by atoms with van der Waals surface area (Å²) in [5, 5.41) is 7.01. The molecule has 4 nitrogen and oxygen atoms in total. The van der Waals surface area contributed by atoms with E-state index < -0.39 is 0 Å². The summed E-state index contributed by atoms with van der Waals surface area (Å²) in [5.74, 6) is -0.0626. The summed E-state index contributed by atoms with van der Waals surface area (Å²) in [5.41, 5.74) is 3.12. The van der Waals surface area contributed by atoms with Gasteiger partial charge in [0.15, 0.2) is 0 Å². The van der Waals surface area contributed by atoms with Crippen molar-refractivity contribution in [3.05, 3.63) is 47.8 Å². The number of amides is 1. The van der Waals surface area contributed by atoms with Crippen LogP contribution in [0.5, 0.6) is 0 Å². The van der Waals surface area contributed by atoms with Crippen LogP contribution in [0.3, 0.4) is 0 Å². The lowest BCUT2D eigenvalue weighted by Crippen LogP contribution is -2.24. The Kier molecular flexibility index (Phi) is 3.46. The third kappa shape index (κ3) is 2.42. The summed E-state index contributed by atoms with van der Waals surface area (Å²) >= 11 is 0. The van der Waals surface area contributed by atoms with Crippen LogP contribution in [0.1, 0.15) is 24.1 Å². The topological polar surface area (TPSA) is 46.9 Å². The van der Waals surface area contributed by atoms with Crippen LogP contribution in [-0.4, -0.2) is 15.7 Å². The highest BCUT2D eigenvalue weighted by Crippen LogP contribution is 2.19. The Bertz CT molecular complexity index is 546. The summed E-state index contributed by atoms with van der Waals surface area (Å²) in [7, 11) is 0. The molecular weight excluding hydrogens is 226 g/mol. The zero-order chi connectivity index (χ0) is 13.1. The maximum atomic E-state index is 12.1. The van der Waals surface area contributed by atoms with Gasteiger partial charge in [-0.25, -0.2) is 0 Å². The van der Waals surface area contributed by atoms with Gasteiger partial charge in [0.1, 0.15) is 6.04 Å². The Hall–Kier alpha value is -2.10. The van der Waals surface area contributed by atoms with Crippen LogP contribution >= 0.6 is 0 Å². The van der Waals surface area contributed by atoms with E-state index in [1.54, 1.807) is 17.1 Å². The molecule has 1 atom stereocenters. The number of anilines is 1. The molecule has 4 heteroatoms. The number of nitrogens with one attached hydrogen (secondary N) is 1. The largest absolute Gasteiger partial charge is 0.324 e. The lowest BCUT2D eigenvalue weighted by atomic mass is 10.1. The molecule has 0 saturated carbocycles. The Morgan fingerprint density at radius 1 is 1.33 bits per heavy atom. The number of carbonyl (C=O) groups excluding carboxylic acids is 1. The zero-order valence-electron chi connectivity index (χ0n) is 10.8.